The van der Waals surface area contributed by atoms with E-state index in [0.29, 0.717) is 0 Å². The lowest BCUT2D eigenvalue weighted by molar-refractivity contribution is 0.903. The maximum atomic E-state index is 3.58. The molecule has 19 heavy (non-hydrogen) atoms. The van der Waals surface area contributed by atoms with E-state index in [-0.39, 0.29) is 0 Å². The van der Waals surface area contributed by atoms with Crippen LogP contribution in [0.2, 0.25) is 0 Å². The van der Waals surface area contributed by atoms with Gasteiger partial charge < -0.3 is 5.32 Å². The van der Waals surface area contributed by atoms with Gasteiger partial charge in [-0.3, -0.25) is 0 Å². The van der Waals surface area contributed by atoms with Gasteiger partial charge in [-0.2, -0.15) is 0 Å². The molecular weight excluding hydrogens is 250 g/mol. The van der Waals surface area contributed by atoms with Gasteiger partial charge in [0.15, 0.2) is 0 Å². The molecule has 0 unspecified atom stereocenters. The molecule has 94 valence electrons. The molecule has 0 radical (unpaired) electrons. The SMILES string of the molecule is c1ccc2c(c1)Sc1ccccc1C2=C1CCCN1. The summed E-state index contributed by atoms with van der Waals surface area (Å²) in [7, 11) is 0. The summed E-state index contributed by atoms with van der Waals surface area (Å²) in [4.78, 5) is 2.75. The van der Waals surface area contributed by atoms with E-state index in [1.807, 2.05) is 11.8 Å². The second-order valence-electron chi connectivity index (χ2n) is 4.98. The third kappa shape index (κ3) is 1.79. The monoisotopic (exact) mass is 265 g/mol. The molecule has 0 aromatic heterocycles. The van der Waals surface area contributed by atoms with Crippen LogP contribution in [0.4, 0.5) is 0 Å². The van der Waals surface area contributed by atoms with Gasteiger partial charge in [0.2, 0.25) is 0 Å². The molecule has 0 aliphatic carbocycles. The first-order chi connectivity index (χ1) is 9.43. The predicted octanol–water partition coefficient (Wildman–Crippen LogP) is 4.29. The summed E-state index contributed by atoms with van der Waals surface area (Å²) in [5, 5.41) is 3.58. The lowest BCUT2D eigenvalue weighted by Gasteiger charge is -2.23. The molecule has 2 heteroatoms. The Kier molecular flexibility index (Phi) is 2.63. The second kappa shape index (κ2) is 4.46. The minimum Gasteiger partial charge on any atom is -0.388 e. The fraction of sp³-hybridized carbons (Fsp3) is 0.176. The first kappa shape index (κ1) is 11.2. The minimum atomic E-state index is 1.11. The Balaban J connectivity index is 2.01. The van der Waals surface area contributed by atoms with Crippen LogP contribution in [0.25, 0.3) is 5.57 Å². The van der Waals surface area contributed by atoms with Gasteiger partial charge in [0.25, 0.3) is 0 Å². The maximum absolute atomic E-state index is 3.58. The van der Waals surface area contributed by atoms with Crippen LogP contribution < -0.4 is 5.32 Å². The minimum absolute atomic E-state index is 1.11. The average molecular weight is 265 g/mol. The van der Waals surface area contributed by atoms with Gasteiger partial charge in [-0.15, -0.1) is 0 Å². The van der Waals surface area contributed by atoms with E-state index >= 15 is 0 Å². The number of hydrogen-bond donors (Lipinski definition) is 1. The Morgan fingerprint density at radius 1 is 0.842 bits per heavy atom. The van der Waals surface area contributed by atoms with Crippen LogP contribution in [0.5, 0.6) is 0 Å². The van der Waals surface area contributed by atoms with Gasteiger partial charge in [-0.05, 0) is 36.1 Å². The molecule has 2 heterocycles. The molecule has 2 aliphatic heterocycles. The van der Waals surface area contributed by atoms with E-state index in [2.05, 4.69) is 53.8 Å². The number of rotatable bonds is 0. The molecule has 2 aromatic rings. The molecule has 0 bridgehead atoms. The van der Waals surface area contributed by atoms with Crippen molar-refractivity contribution in [1.29, 1.82) is 0 Å². The van der Waals surface area contributed by atoms with Gasteiger partial charge in [0.05, 0.1) is 0 Å². The molecule has 4 rings (SSSR count). The molecular formula is C17H15NS. The Morgan fingerprint density at radius 2 is 1.47 bits per heavy atom. The molecule has 1 saturated heterocycles. The van der Waals surface area contributed by atoms with Crippen LogP contribution in [-0.4, -0.2) is 6.54 Å². The highest BCUT2D eigenvalue weighted by Gasteiger charge is 2.24. The number of allylic oxidation sites excluding steroid dienone is 1. The normalized spacial score (nSPS) is 16.8. The van der Waals surface area contributed by atoms with Crippen molar-refractivity contribution < 1.29 is 0 Å². The van der Waals surface area contributed by atoms with Crippen LogP contribution in [0.3, 0.4) is 0 Å². The van der Waals surface area contributed by atoms with E-state index in [9.17, 15) is 0 Å². The molecule has 0 atom stereocenters. The quantitative estimate of drug-likeness (QED) is 0.650. The standard InChI is InChI=1S/C17H15NS/c1-3-9-15-12(6-1)17(14-8-5-11-18-14)13-7-2-4-10-16(13)19-15/h1-4,6-7,9-10,18H,5,8,11H2. The van der Waals surface area contributed by atoms with E-state index in [1.165, 1.54) is 45.0 Å². The summed E-state index contributed by atoms with van der Waals surface area (Å²) in [6.07, 6.45) is 2.42. The van der Waals surface area contributed by atoms with E-state index in [1.54, 1.807) is 0 Å². The van der Waals surface area contributed by atoms with Crippen LogP contribution in [0, 0.1) is 0 Å². The Hall–Kier alpha value is -1.67. The van der Waals surface area contributed by atoms with Gasteiger partial charge in [-0.25, -0.2) is 0 Å². The summed E-state index contributed by atoms with van der Waals surface area (Å²) in [6, 6.07) is 17.5. The van der Waals surface area contributed by atoms with Crippen molar-refractivity contribution in [2.24, 2.45) is 0 Å². The van der Waals surface area contributed by atoms with Crippen molar-refractivity contribution in [1.82, 2.24) is 5.32 Å². The Morgan fingerprint density at radius 3 is 2.05 bits per heavy atom. The zero-order chi connectivity index (χ0) is 12.7. The molecule has 1 fully saturated rings. The van der Waals surface area contributed by atoms with Gasteiger partial charge in [0.1, 0.15) is 0 Å². The van der Waals surface area contributed by atoms with Crippen molar-refractivity contribution in [3.63, 3.8) is 0 Å². The molecule has 0 saturated carbocycles. The largest absolute Gasteiger partial charge is 0.388 e. The fourth-order valence-corrected chi connectivity index (χ4v) is 4.01. The molecule has 0 amide bonds. The lowest BCUT2D eigenvalue weighted by Crippen LogP contribution is -2.09. The Bertz CT molecular complexity index is 617. The van der Waals surface area contributed by atoms with E-state index in [0.717, 1.165) is 6.54 Å². The molecule has 0 spiro atoms. The fourth-order valence-electron chi connectivity index (χ4n) is 2.92. The third-order valence-electron chi connectivity index (χ3n) is 3.78. The summed E-state index contributed by atoms with van der Waals surface area (Å²) < 4.78 is 0. The number of benzene rings is 2. The van der Waals surface area contributed by atoms with Crippen molar-refractivity contribution in [2.45, 2.75) is 22.6 Å². The lowest BCUT2D eigenvalue weighted by atomic mass is 9.94. The first-order valence-corrected chi connectivity index (χ1v) is 7.59. The van der Waals surface area contributed by atoms with Crippen LogP contribution in [0.15, 0.2) is 64.0 Å². The van der Waals surface area contributed by atoms with E-state index < -0.39 is 0 Å². The van der Waals surface area contributed by atoms with Crippen LogP contribution in [0.1, 0.15) is 24.0 Å². The Labute approximate surface area is 117 Å². The zero-order valence-electron chi connectivity index (χ0n) is 10.6. The van der Waals surface area contributed by atoms with Crippen LogP contribution >= 0.6 is 11.8 Å². The van der Waals surface area contributed by atoms with Crippen molar-refractivity contribution in [3.05, 3.63) is 65.4 Å². The summed E-state index contributed by atoms with van der Waals surface area (Å²) >= 11 is 1.88. The highest BCUT2D eigenvalue weighted by molar-refractivity contribution is 7.99. The number of fused-ring (bicyclic) bond motifs is 2. The van der Waals surface area contributed by atoms with Crippen molar-refractivity contribution >= 4 is 17.3 Å². The van der Waals surface area contributed by atoms with Gasteiger partial charge >= 0.3 is 0 Å². The van der Waals surface area contributed by atoms with Crippen molar-refractivity contribution in [2.75, 3.05) is 6.54 Å². The summed E-state index contributed by atoms with van der Waals surface area (Å²) in [6.45, 7) is 1.11. The second-order valence-corrected chi connectivity index (χ2v) is 6.06. The molecule has 1 N–H and O–H groups in total. The first-order valence-electron chi connectivity index (χ1n) is 6.77. The zero-order valence-corrected chi connectivity index (χ0v) is 11.5. The topological polar surface area (TPSA) is 12.0 Å². The molecule has 2 aromatic carbocycles. The third-order valence-corrected chi connectivity index (χ3v) is 4.93. The molecule has 2 aliphatic rings. The van der Waals surface area contributed by atoms with Crippen molar-refractivity contribution in [3.8, 4) is 0 Å². The average Bonchev–Trinajstić information content (AvgIpc) is 2.98. The highest BCUT2D eigenvalue weighted by atomic mass is 32.2. The number of hydrogen-bond acceptors (Lipinski definition) is 2. The number of nitrogens with one attached hydrogen (secondary N) is 1. The van der Waals surface area contributed by atoms with Gasteiger partial charge in [0, 0.05) is 27.6 Å². The summed E-state index contributed by atoms with van der Waals surface area (Å²) in [5.74, 6) is 0. The highest BCUT2D eigenvalue weighted by Crippen LogP contribution is 2.46. The summed E-state index contributed by atoms with van der Waals surface area (Å²) in [5.41, 5.74) is 5.61. The smallest absolute Gasteiger partial charge is 0.0201 e. The maximum Gasteiger partial charge on any atom is 0.0201 e. The predicted molar refractivity (Wildman–Crippen MR) is 80.3 cm³/mol. The van der Waals surface area contributed by atoms with Crippen LogP contribution in [-0.2, 0) is 0 Å². The molecule has 1 nitrogen and oxygen atoms in total. The van der Waals surface area contributed by atoms with E-state index in [4.69, 9.17) is 0 Å². The van der Waals surface area contributed by atoms with Gasteiger partial charge in [-0.1, -0.05) is 48.2 Å².